The number of hydrogen-bond acceptors (Lipinski definition) is 9. The number of nitrogens with two attached hydrogens (primary N) is 1. The molecular weight excluding hydrogens is 492 g/mol. The van der Waals surface area contributed by atoms with Gasteiger partial charge in [0.25, 0.3) is 0 Å². The maximum atomic E-state index is 12.6. The number of carbonyl (C=O) groups excluding carboxylic acids is 2. The number of aliphatic hydroxyl groups excluding tert-OH is 2. The quantitative estimate of drug-likeness (QED) is 0.300. The van der Waals surface area contributed by atoms with Gasteiger partial charge in [-0.15, -0.1) is 0 Å². The van der Waals surface area contributed by atoms with Gasteiger partial charge in [0.2, 0.25) is 5.91 Å². The summed E-state index contributed by atoms with van der Waals surface area (Å²) < 4.78 is 7.36. The molecule has 0 spiro atoms. The lowest BCUT2D eigenvalue weighted by molar-refractivity contribution is -0.132. The summed E-state index contributed by atoms with van der Waals surface area (Å²) >= 11 is 0. The van der Waals surface area contributed by atoms with Crippen LogP contribution in [0.2, 0.25) is 0 Å². The van der Waals surface area contributed by atoms with E-state index in [0.717, 1.165) is 5.56 Å². The summed E-state index contributed by atoms with van der Waals surface area (Å²) in [7, 11) is 1.56. The minimum absolute atomic E-state index is 0.0170. The number of nitrogens with zero attached hydrogens (tertiary/aromatic N) is 5. The van der Waals surface area contributed by atoms with Gasteiger partial charge in [0.1, 0.15) is 30.2 Å². The molecule has 2 aromatic heterocycles. The Morgan fingerprint density at radius 3 is 2.53 bits per heavy atom. The number of nitrogens with one attached hydrogen (secondary N) is 2. The molecule has 1 fully saturated rings. The van der Waals surface area contributed by atoms with Gasteiger partial charge in [-0.05, 0) is 23.1 Å². The molecule has 0 radical (unpaired) electrons. The largest absolute Gasteiger partial charge is 0.387 e. The van der Waals surface area contributed by atoms with Crippen LogP contribution in [-0.2, 0) is 14.9 Å². The molecule has 0 saturated carbocycles. The molecule has 13 heteroatoms. The third-order valence-corrected chi connectivity index (χ3v) is 6.51. The van der Waals surface area contributed by atoms with Gasteiger partial charge >= 0.3 is 6.03 Å². The lowest BCUT2D eigenvalue weighted by Gasteiger charge is -2.23. The van der Waals surface area contributed by atoms with Crippen LogP contribution in [0, 0.1) is 0 Å². The molecule has 38 heavy (non-hydrogen) atoms. The molecule has 4 atom stereocenters. The molecule has 0 bridgehead atoms. The SMILES string of the molecule is CN(CC1OC(n2cnc3c(N)ncnc32)C(O)C1O)C(=O)CCNC(=O)Nc1ccc(C(C)(C)C)cc1. The van der Waals surface area contributed by atoms with Crippen molar-refractivity contribution in [2.24, 2.45) is 0 Å². The lowest BCUT2D eigenvalue weighted by Crippen LogP contribution is -2.41. The molecule has 4 unspecified atom stereocenters. The molecule has 204 valence electrons. The Morgan fingerprint density at radius 1 is 1.13 bits per heavy atom. The molecule has 4 rings (SSSR count). The first kappa shape index (κ1) is 27.2. The molecule has 1 aliphatic rings. The average Bonchev–Trinajstić information content (AvgIpc) is 3.41. The van der Waals surface area contributed by atoms with E-state index in [0.29, 0.717) is 16.9 Å². The van der Waals surface area contributed by atoms with Crippen LogP contribution in [0.3, 0.4) is 0 Å². The highest BCUT2D eigenvalue weighted by Gasteiger charge is 2.45. The van der Waals surface area contributed by atoms with E-state index in [1.807, 2.05) is 24.3 Å². The van der Waals surface area contributed by atoms with Crippen molar-refractivity contribution in [1.82, 2.24) is 29.7 Å². The van der Waals surface area contributed by atoms with E-state index in [2.05, 4.69) is 46.4 Å². The predicted octanol–water partition coefficient (Wildman–Crippen LogP) is 0.995. The highest BCUT2D eigenvalue weighted by molar-refractivity contribution is 5.89. The van der Waals surface area contributed by atoms with Crippen LogP contribution in [0.5, 0.6) is 0 Å². The predicted molar refractivity (Wildman–Crippen MR) is 140 cm³/mol. The maximum Gasteiger partial charge on any atom is 0.319 e. The number of fused-ring (bicyclic) bond motifs is 1. The minimum Gasteiger partial charge on any atom is -0.387 e. The number of nitrogen functional groups attached to an aromatic ring is 1. The second kappa shape index (κ2) is 10.9. The number of urea groups is 1. The first-order valence-corrected chi connectivity index (χ1v) is 12.3. The molecule has 13 nitrogen and oxygen atoms in total. The Balaban J connectivity index is 1.25. The van der Waals surface area contributed by atoms with Crippen LogP contribution < -0.4 is 16.4 Å². The van der Waals surface area contributed by atoms with Crippen LogP contribution in [-0.4, -0.2) is 85.0 Å². The molecule has 1 saturated heterocycles. The van der Waals surface area contributed by atoms with Crippen molar-refractivity contribution < 1.29 is 24.5 Å². The van der Waals surface area contributed by atoms with Crippen LogP contribution >= 0.6 is 0 Å². The maximum absolute atomic E-state index is 12.6. The van der Waals surface area contributed by atoms with E-state index in [9.17, 15) is 19.8 Å². The number of carbonyl (C=O) groups is 2. The van der Waals surface area contributed by atoms with Crippen LogP contribution in [0.25, 0.3) is 11.2 Å². The van der Waals surface area contributed by atoms with Gasteiger partial charge in [0, 0.05) is 32.2 Å². The summed E-state index contributed by atoms with van der Waals surface area (Å²) in [5.41, 5.74) is 8.35. The van der Waals surface area contributed by atoms with Crippen molar-refractivity contribution in [3.63, 3.8) is 0 Å². The molecule has 1 aromatic carbocycles. The zero-order chi connectivity index (χ0) is 27.6. The van der Waals surface area contributed by atoms with E-state index in [1.165, 1.54) is 22.1 Å². The van der Waals surface area contributed by atoms with Crippen molar-refractivity contribution >= 4 is 34.6 Å². The van der Waals surface area contributed by atoms with Gasteiger partial charge in [0.15, 0.2) is 17.7 Å². The number of amides is 3. The Morgan fingerprint density at radius 2 is 1.84 bits per heavy atom. The van der Waals surface area contributed by atoms with Gasteiger partial charge in [-0.1, -0.05) is 32.9 Å². The van der Waals surface area contributed by atoms with E-state index >= 15 is 0 Å². The first-order chi connectivity index (χ1) is 18.0. The van der Waals surface area contributed by atoms with Crippen molar-refractivity contribution in [2.75, 3.05) is 31.2 Å². The molecule has 3 heterocycles. The fraction of sp³-hybridized carbons (Fsp3) is 0.480. The van der Waals surface area contributed by atoms with E-state index in [4.69, 9.17) is 10.5 Å². The topological polar surface area (TPSA) is 181 Å². The third kappa shape index (κ3) is 5.85. The van der Waals surface area contributed by atoms with Gasteiger partial charge in [-0.25, -0.2) is 19.7 Å². The fourth-order valence-electron chi connectivity index (χ4n) is 4.24. The lowest BCUT2D eigenvalue weighted by atomic mass is 9.87. The second-order valence-electron chi connectivity index (χ2n) is 10.4. The fourth-order valence-corrected chi connectivity index (χ4v) is 4.24. The highest BCUT2D eigenvalue weighted by Crippen LogP contribution is 2.32. The zero-order valence-corrected chi connectivity index (χ0v) is 21.8. The number of anilines is 2. The van der Waals surface area contributed by atoms with Crippen molar-refractivity contribution in [3.05, 3.63) is 42.5 Å². The number of imidazole rings is 1. The van der Waals surface area contributed by atoms with Crippen molar-refractivity contribution in [2.45, 2.75) is 57.1 Å². The minimum atomic E-state index is -1.28. The Labute approximate surface area is 220 Å². The number of aromatic nitrogens is 4. The normalized spacial score (nSPS) is 21.4. The van der Waals surface area contributed by atoms with Crippen LogP contribution in [0.15, 0.2) is 36.9 Å². The molecule has 3 amide bonds. The van der Waals surface area contributed by atoms with Gasteiger partial charge in [-0.3, -0.25) is 9.36 Å². The summed E-state index contributed by atoms with van der Waals surface area (Å²) in [6.45, 7) is 6.50. The first-order valence-electron chi connectivity index (χ1n) is 12.3. The molecular formula is C25H34N8O5. The Hall–Kier alpha value is -3.81. The Kier molecular flexibility index (Phi) is 7.81. The molecule has 0 aliphatic carbocycles. The molecule has 3 aromatic rings. The smallest absolute Gasteiger partial charge is 0.319 e. The van der Waals surface area contributed by atoms with Crippen LogP contribution in [0.4, 0.5) is 16.3 Å². The summed E-state index contributed by atoms with van der Waals surface area (Å²) in [6, 6.07) is 7.19. The number of hydrogen-bond donors (Lipinski definition) is 5. The summed E-state index contributed by atoms with van der Waals surface area (Å²) in [6.07, 6.45) is -1.63. The third-order valence-electron chi connectivity index (χ3n) is 6.51. The van der Waals surface area contributed by atoms with E-state index in [-0.39, 0.29) is 36.7 Å². The van der Waals surface area contributed by atoms with E-state index < -0.39 is 30.6 Å². The highest BCUT2D eigenvalue weighted by atomic mass is 16.6. The van der Waals surface area contributed by atoms with Gasteiger partial charge < -0.3 is 36.2 Å². The summed E-state index contributed by atoms with van der Waals surface area (Å²) in [5.74, 6) is -0.0773. The number of benzene rings is 1. The van der Waals surface area contributed by atoms with E-state index in [1.54, 1.807) is 7.05 Å². The van der Waals surface area contributed by atoms with Gasteiger partial charge in [0.05, 0.1) is 6.33 Å². The van der Waals surface area contributed by atoms with Crippen molar-refractivity contribution in [3.8, 4) is 0 Å². The van der Waals surface area contributed by atoms with Crippen molar-refractivity contribution in [1.29, 1.82) is 0 Å². The molecule has 6 N–H and O–H groups in total. The summed E-state index contributed by atoms with van der Waals surface area (Å²) in [5, 5.41) is 26.6. The monoisotopic (exact) mass is 526 g/mol. The van der Waals surface area contributed by atoms with Gasteiger partial charge in [-0.2, -0.15) is 0 Å². The second-order valence-corrected chi connectivity index (χ2v) is 10.4. The van der Waals surface area contributed by atoms with Crippen LogP contribution in [0.1, 0.15) is 39.0 Å². The summed E-state index contributed by atoms with van der Waals surface area (Å²) in [4.78, 5) is 38.4. The zero-order valence-electron chi connectivity index (χ0n) is 21.8. The Bertz CT molecular complexity index is 1290. The number of likely N-dealkylation sites (N-methyl/N-ethyl adjacent to an activating group) is 1. The standard InChI is InChI=1S/C25H34N8O5/c1-25(2,3)14-5-7-15(8-6-14)31-24(37)27-10-9-17(34)32(4)11-16-19(35)20(36)23(38-16)33-13-30-18-21(26)28-12-29-22(18)33/h5-8,12-13,16,19-20,23,35-36H,9-11H2,1-4H3,(H2,26,28,29)(H2,27,31,37). The molecule has 1 aliphatic heterocycles. The average molecular weight is 527 g/mol. The number of ether oxygens (including phenoxy) is 1. The number of rotatable bonds is 7. The number of aliphatic hydroxyl groups is 2.